The van der Waals surface area contributed by atoms with E-state index in [2.05, 4.69) is 25.6 Å². The minimum Gasteiger partial charge on any atom is -0.447 e. The number of guanidine groups is 1. The summed E-state index contributed by atoms with van der Waals surface area (Å²) in [5.74, 6) is -0.706. The molecule has 272 valence electrons. The Kier molecular flexibility index (Phi) is 9.90. The maximum absolute atomic E-state index is 14.8. The fourth-order valence-corrected chi connectivity index (χ4v) is 5.98. The highest BCUT2D eigenvalue weighted by atomic mass is 35.5. The number of aromatic amines is 1. The van der Waals surface area contributed by atoms with Crippen LogP contribution in [0.2, 0.25) is 5.02 Å². The minimum atomic E-state index is -4.80. The van der Waals surface area contributed by atoms with Gasteiger partial charge in [-0.2, -0.15) is 32.1 Å². The summed E-state index contributed by atoms with van der Waals surface area (Å²) in [5, 5.41) is 24.4. The lowest BCUT2D eigenvalue weighted by atomic mass is 9.75. The fraction of sp³-hybridized carbons (Fsp3) is 0.394. The molecule has 12 nitrogen and oxygen atoms in total. The monoisotopic (exact) mass is 735 g/mol. The van der Waals surface area contributed by atoms with Gasteiger partial charge < -0.3 is 15.4 Å². The number of alkyl carbamates (subject to hydrolysis) is 1. The predicted octanol–water partition coefficient (Wildman–Crippen LogP) is 7.19. The zero-order valence-corrected chi connectivity index (χ0v) is 28.8. The predicted molar refractivity (Wildman–Crippen MR) is 177 cm³/mol. The van der Waals surface area contributed by atoms with E-state index in [1.807, 2.05) is 26.1 Å². The van der Waals surface area contributed by atoms with E-state index in [4.69, 9.17) is 21.7 Å². The molecule has 2 aromatic carbocycles. The second kappa shape index (κ2) is 13.6. The number of carbonyl (C=O) groups excluding carboxylic acids is 2. The molecule has 0 unspecified atom stereocenters. The number of H-pyrrole nitrogens is 1. The van der Waals surface area contributed by atoms with Crippen LogP contribution in [0.3, 0.4) is 0 Å². The van der Waals surface area contributed by atoms with Gasteiger partial charge in [-0.1, -0.05) is 62.7 Å². The van der Waals surface area contributed by atoms with Crippen LogP contribution in [0.4, 0.5) is 26.7 Å². The van der Waals surface area contributed by atoms with E-state index >= 15 is 0 Å². The van der Waals surface area contributed by atoms with E-state index < -0.39 is 53.9 Å². The van der Waals surface area contributed by atoms with Crippen LogP contribution in [0.25, 0.3) is 22.5 Å². The summed E-state index contributed by atoms with van der Waals surface area (Å²) in [6.45, 7) is 3.77. The van der Waals surface area contributed by atoms with E-state index in [0.717, 1.165) is 18.7 Å². The van der Waals surface area contributed by atoms with Crippen LogP contribution in [-0.2, 0) is 15.1 Å². The first-order valence-corrected chi connectivity index (χ1v) is 15.9. The van der Waals surface area contributed by atoms with E-state index in [1.54, 1.807) is 30.3 Å². The molecular weight excluding hydrogens is 701 g/mol. The van der Waals surface area contributed by atoms with Gasteiger partial charge in [-0.05, 0) is 54.5 Å². The Hall–Kier alpha value is -5.06. The first kappa shape index (κ1) is 37.2. The van der Waals surface area contributed by atoms with Gasteiger partial charge in [-0.3, -0.25) is 20.2 Å². The Morgan fingerprint density at radius 1 is 1.08 bits per heavy atom. The number of alkyl halides is 5. The molecule has 4 aromatic rings. The van der Waals surface area contributed by atoms with Gasteiger partial charge in [0.25, 0.3) is 5.91 Å². The Morgan fingerprint density at radius 2 is 1.76 bits per heavy atom. The highest BCUT2D eigenvalue weighted by Crippen LogP contribution is 2.43. The number of rotatable bonds is 10. The molecule has 0 bridgehead atoms. The van der Waals surface area contributed by atoms with Crippen molar-refractivity contribution < 1.29 is 36.3 Å². The fourth-order valence-electron chi connectivity index (χ4n) is 5.78. The molecule has 1 aliphatic heterocycles. The van der Waals surface area contributed by atoms with Crippen LogP contribution in [-0.4, -0.2) is 66.1 Å². The second-order valence-corrected chi connectivity index (χ2v) is 14.2. The van der Waals surface area contributed by atoms with Gasteiger partial charge in [-0.25, -0.2) is 14.5 Å². The van der Waals surface area contributed by atoms with E-state index in [9.17, 15) is 31.5 Å². The average Bonchev–Trinajstić information content (AvgIpc) is 3.79. The number of ether oxygens (including phenoxy) is 1. The number of benzene rings is 2. The van der Waals surface area contributed by atoms with Crippen molar-refractivity contribution in [3.05, 3.63) is 77.3 Å². The number of aromatic nitrogens is 5. The van der Waals surface area contributed by atoms with E-state index in [-0.39, 0.29) is 23.2 Å². The number of hydrogen-bond donors (Lipinski definition) is 4. The molecule has 3 heterocycles. The van der Waals surface area contributed by atoms with Gasteiger partial charge in [0.15, 0.2) is 11.8 Å². The lowest BCUT2D eigenvalue weighted by Crippen LogP contribution is -2.54. The molecule has 1 saturated heterocycles. The number of nitrogens with zero attached hydrogens (tertiary/aromatic N) is 5. The minimum absolute atomic E-state index is 0.165. The van der Waals surface area contributed by atoms with Crippen LogP contribution >= 0.6 is 11.6 Å². The number of carbonyl (C=O) groups is 2. The van der Waals surface area contributed by atoms with Crippen molar-refractivity contribution in [1.82, 2.24) is 40.5 Å². The maximum atomic E-state index is 14.8. The number of nitrogens with one attached hydrogen (secondary N) is 4. The molecule has 51 heavy (non-hydrogen) atoms. The molecule has 0 radical (unpaired) electrons. The van der Waals surface area contributed by atoms with Crippen molar-refractivity contribution >= 4 is 29.6 Å². The molecule has 0 saturated carbocycles. The van der Waals surface area contributed by atoms with Gasteiger partial charge in [0, 0.05) is 17.3 Å². The molecule has 5 rings (SSSR count). The number of hydrogen-bond acceptors (Lipinski definition) is 7. The summed E-state index contributed by atoms with van der Waals surface area (Å²) >= 11 is 6.46. The van der Waals surface area contributed by atoms with Crippen molar-refractivity contribution in [2.24, 2.45) is 5.41 Å². The molecule has 0 spiro atoms. The quantitative estimate of drug-likeness (QED) is 0.126. The average molecular weight is 736 g/mol. The third kappa shape index (κ3) is 7.67. The molecule has 1 aliphatic rings. The zero-order chi connectivity index (χ0) is 37.5. The SMILES string of the molecule is CC(C)(C)C[C@]1(c2ccc(-c3cnn(C(F)F)c3)cc2)NC(=N)N([C@H](COC(=O)NC(C)(C)C(F)(F)F)c2ccc(Cl)c(-c3ncn[nH]3)c2)C1=O. The largest absolute Gasteiger partial charge is 0.447 e. The van der Waals surface area contributed by atoms with Crippen LogP contribution in [0.1, 0.15) is 64.8 Å². The number of amides is 2. The highest BCUT2D eigenvalue weighted by Gasteiger charge is 2.55. The standard InChI is InChI=1S/C33H35ClF5N9O3/c1-30(2,3)16-32(21-9-6-18(7-10-21)20-13-43-47(14-20)27(35)36)26(49)48(28(40)44-32)24(15-51-29(50)45-31(4,5)33(37,38)39)19-8-11-23(34)22(12-19)25-41-17-42-46-25/h6-14,17,24,27H,15-16H2,1-5H3,(H2,40,44)(H,45,50)(H,41,42,46)/t24-,32-/m1/s1. The Labute approximate surface area is 294 Å². The van der Waals surface area contributed by atoms with Crippen molar-refractivity contribution in [3.63, 3.8) is 0 Å². The summed E-state index contributed by atoms with van der Waals surface area (Å²) < 4.78 is 72.7. The molecule has 2 amide bonds. The third-order valence-corrected chi connectivity index (χ3v) is 8.65. The zero-order valence-electron chi connectivity index (χ0n) is 28.1. The van der Waals surface area contributed by atoms with E-state index in [1.165, 1.54) is 30.9 Å². The molecule has 2 aromatic heterocycles. The first-order valence-electron chi connectivity index (χ1n) is 15.5. The van der Waals surface area contributed by atoms with Gasteiger partial charge in [0.1, 0.15) is 24.0 Å². The van der Waals surface area contributed by atoms with Gasteiger partial charge in [0.2, 0.25) is 0 Å². The lowest BCUT2D eigenvalue weighted by molar-refractivity contribution is -0.183. The lowest BCUT2D eigenvalue weighted by Gasteiger charge is -2.35. The van der Waals surface area contributed by atoms with E-state index in [0.29, 0.717) is 32.5 Å². The summed E-state index contributed by atoms with van der Waals surface area (Å²) in [4.78, 5) is 32.8. The first-order chi connectivity index (χ1) is 23.7. The Balaban J connectivity index is 1.55. The summed E-state index contributed by atoms with van der Waals surface area (Å²) in [7, 11) is 0. The molecule has 2 atom stereocenters. The van der Waals surface area contributed by atoms with Crippen LogP contribution in [0.5, 0.6) is 0 Å². The molecule has 4 N–H and O–H groups in total. The van der Waals surface area contributed by atoms with Crippen molar-refractivity contribution in [1.29, 1.82) is 5.41 Å². The maximum Gasteiger partial charge on any atom is 0.411 e. The molecule has 0 aliphatic carbocycles. The Morgan fingerprint density at radius 3 is 2.33 bits per heavy atom. The van der Waals surface area contributed by atoms with Gasteiger partial charge in [0.05, 0.1) is 17.3 Å². The smallest absolute Gasteiger partial charge is 0.411 e. The van der Waals surface area contributed by atoms with Crippen molar-refractivity contribution in [2.45, 2.75) is 70.9 Å². The normalized spacial score (nSPS) is 17.5. The number of halogens is 6. The topological polar surface area (TPSA) is 154 Å². The second-order valence-electron chi connectivity index (χ2n) is 13.8. The molecular formula is C33H35ClF5N9O3. The van der Waals surface area contributed by atoms with Crippen LogP contribution in [0.15, 0.2) is 61.2 Å². The van der Waals surface area contributed by atoms with Crippen LogP contribution < -0.4 is 10.6 Å². The van der Waals surface area contributed by atoms with Gasteiger partial charge >= 0.3 is 18.8 Å². The third-order valence-electron chi connectivity index (χ3n) is 8.32. The summed E-state index contributed by atoms with van der Waals surface area (Å²) in [6, 6.07) is 9.92. The molecule has 1 fully saturated rings. The van der Waals surface area contributed by atoms with Gasteiger partial charge in [-0.15, -0.1) is 0 Å². The van der Waals surface area contributed by atoms with Crippen molar-refractivity contribution in [3.8, 4) is 22.5 Å². The van der Waals surface area contributed by atoms with Crippen LogP contribution in [0, 0.1) is 10.8 Å². The summed E-state index contributed by atoms with van der Waals surface area (Å²) in [5.41, 5.74) is -2.60. The van der Waals surface area contributed by atoms with Crippen molar-refractivity contribution in [2.75, 3.05) is 6.61 Å². The Bertz CT molecular complexity index is 1910. The summed E-state index contributed by atoms with van der Waals surface area (Å²) in [6.07, 6.45) is -2.29. The molecule has 18 heteroatoms. The highest BCUT2D eigenvalue weighted by molar-refractivity contribution is 6.33.